The standard InChI is InChI=1S/C11H15NO3S/c1-2-8-12-9(10(16-8)11(13)14)7-4-3-5-15-6-7/h7H,2-6H2,1H3,(H,13,14). The summed E-state index contributed by atoms with van der Waals surface area (Å²) in [7, 11) is 0. The zero-order valence-corrected chi connectivity index (χ0v) is 10.0. The second-order valence-electron chi connectivity index (χ2n) is 3.89. The van der Waals surface area contributed by atoms with E-state index < -0.39 is 5.97 Å². The highest BCUT2D eigenvalue weighted by Gasteiger charge is 2.25. The highest BCUT2D eigenvalue weighted by molar-refractivity contribution is 7.13. The summed E-state index contributed by atoms with van der Waals surface area (Å²) in [5.41, 5.74) is 0.731. The van der Waals surface area contributed by atoms with Crippen molar-refractivity contribution in [3.05, 3.63) is 15.6 Å². The van der Waals surface area contributed by atoms with E-state index in [4.69, 9.17) is 9.84 Å². The highest BCUT2D eigenvalue weighted by Crippen LogP contribution is 2.31. The van der Waals surface area contributed by atoms with Gasteiger partial charge in [0.25, 0.3) is 0 Å². The van der Waals surface area contributed by atoms with Gasteiger partial charge in [0.15, 0.2) is 0 Å². The quantitative estimate of drug-likeness (QED) is 0.882. The fourth-order valence-corrected chi connectivity index (χ4v) is 2.84. The average molecular weight is 241 g/mol. The summed E-state index contributed by atoms with van der Waals surface area (Å²) in [6, 6.07) is 0. The summed E-state index contributed by atoms with van der Waals surface area (Å²) in [4.78, 5) is 16.0. The molecule has 0 aliphatic carbocycles. The van der Waals surface area contributed by atoms with Gasteiger partial charge >= 0.3 is 5.97 Å². The van der Waals surface area contributed by atoms with Crippen molar-refractivity contribution < 1.29 is 14.6 Å². The fraction of sp³-hybridized carbons (Fsp3) is 0.636. The molecular weight excluding hydrogens is 226 g/mol. The van der Waals surface area contributed by atoms with Gasteiger partial charge in [-0.3, -0.25) is 0 Å². The molecule has 1 saturated heterocycles. The Kier molecular flexibility index (Phi) is 3.56. The normalized spacial score (nSPS) is 20.9. The monoisotopic (exact) mass is 241 g/mol. The van der Waals surface area contributed by atoms with E-state index in [0.717, 1.165) is 36.6 Å². The number of carboxylic acids is 1. The van der Waals surface area contributed by atoms with E-state index in [1.54, 1.807) is 0 Å². The molecule has 1 aliphatic rings. The van der Waals surface area contributed by atoms with E-state index in [2.05, 4.69) is 4.98 Å². The van der Waals surface area contributed by atoms with Crippen LogP contribution in [0.25, 0.3) is 0 Å². The minimum absolute atomic E-state index is 0.163. The van der Waals surface area contributed by atoms with Crippen molar-refractivity contribution in [1.29, 1.82) is 0 Å². The molecule has 1 aliphatic heterocycles. The molecule has 5 heteroatoms. The molecule has 2 heterocycles. The lowest BCUT2D eigenvalue weighted by atomic mass is 9.98. The second-order valence-corrected chi connectivity index (χ2v) is 4.98. The predicted octanol–water partition coefficient (Wildman–Crippen LogP) is 2.30. The molecule has 88 valence electrons. The minimum Gasteiger partial charge on any atom is -0.477 e. The van der Waals surface area contributed by atoms with E-state index in [-0.39, 0.29) is 5.92 Å². The van der Waals surface area contributed by atoms with Crippen molar-refractivity contribution in [2.75, 3.05) is 13.2 Å². The Hall–Kier alpha value is -0.940. The smallest absolute Gasteiger partial charge is 0.347 e. The van der Waals surface area contributed by atoms with Crippen molar-refractivity contribution in [2.24, 2.45) is 0 Å². The number of aromatic nitrogens is 1. The Morgan fingerprint density at radius 3 is 3.06 bits per heavy atom. The number of hydrogen-bond acceptors (Lipinski definition) is 4. The highest BCUT2D eigenvalue weighted by atomic mass is 32.1. The number of nitrogens with zero attached hydrogens (tertiary/aromatic N) is 1. The summed E-state index contributed by atoms with van der Waals surface area (Å²) in [5.74, 6) is -0.700. The van der Waals surface area contributed by atoms with Gasteiger partial charge in [0.1, 0.15) is 4.88 Å². The number of thiazole rings is 1. The van der Waals surface area contributed by atoms with Crippen LogP contribution in [0.15, 0.2) is 0 Å². The first-order valence-corrected chi connectivity index (χ1v) is 6.34. The summed E-state index contributed by atoms with van der Waals surface area (Å²) < 4.78 is 5.39. The summed E-state index contributed by atoms with van der Waals surface area (Å²) in [6.45, 7) is 3.38. The number of aryl methyl sites for hydroxylation is 1. The molecule has 0 radical (unpaired) electrons. The molecule has 1 fully saturated rings. The SMILES string of the molecule is CCc1nc(C2CCCOC2)c(C(=O)O)s1. The van der Waals surface area contributed by atoms with Crippen molar-refractivity contribution in [1.82, 2.24) is 4.98 Å². The summed E-state index contributed by atoms with van der Waals surface area (Å²) in [5, 5.41) is 10.0. The first-order valence-electron chi connectivity index (χ1n) is 5.53. The molecule has 0 bridgehead atoms. The number of carbonyl (C=O) groups is 1. The van der Waals surface area contributed by atoms with Gasteiger partial charge < -0.3 is 9.84 Å². The fourth-order valence-electron chi connectivity index (χ4n) is 1.92. The van der Waals surface area contributed by atoms with Crippen LogP contribution in [0.4, 0.5) is 0 Å². The molecule has 0 spiro atoms. The zero-order valence-electron chi connectivity index (χ0n) is 9.23. The van der Waals surface area contributed by atoms with E-state index in [1.807, 2.05) is 6.92 Å². The molecule has 1 unspecified atom stereocenters. The van der Waals surface area contributed by atoms with Gasteiger partial charge in [0.2, 0.25) is 0 Å². The van der Waals surface area contributed by atoms with Gasteiger partial charge in [0.05, 0.1) is 17.3 Å². The van der Waals surface area contributed by atoms with Crippen LogP contribution in [0.3, 0.4) is 0 Å². The van der Waals surface area contributed by atoms with Crippen LogP contribution in [0.5, 0.6) is 0 Å². The van der Waals surface area contributed by atoms with E-state index in [9.17, 15) is 4.79 Å². The molecule has 0 amide bonds. The predicted molar refractivity (Wildman–Crippen MR) is 61.2 cm³/mol. The van der Waals surface area contributed by atoms with Crippen LogP contribution < -0.4 is 0 Å². The van der Waals surface area contributed by atoms with Crippen molar-refractivity contribution in [3.8, 4) is 0 Å². The molecular formula is C11H15NO3S. The Balaban J connectivity index is 2.29. The Morgan fingerprint density at radius 1 is 1.69 bits per heavy atom. The van der Waals surface area contributed by atoms with Gasteiger partial charge in [-0.25, -0.2) is 9.78 Å². The maximum Gasteiger partial charge on any atom is 0.347 e. The van der Waals surface area contributed by atoms with Gasteiger partial charge in [-0.05, 0) is 19.3 Å². The van der Waals surface area contributed by atoms with Crippen molar-refractivity contribution in [3.63, 3.8) is 0 Å². The van der Waals surface area contributed by atoms with Gasteiger partial charge in [-0.15, -0.1) is 11.3 Å². The lowest BCUT2D eigenvalue weighted by molar-refractivity contribution is 0.0684. The first-order chi connectivity index (χ1) is 7.72. The Labute approximate surface area is 98.3 Å². The van der Waals surface area contributed by atoms with E-state index in [0.29, 0.717) is 11.5 Å². The number of aromatic carboxylic acids is 1. The van der Waals surface area contributed by atoms with Gasteiger partial charge in [-0.1, -0.05) is 6.92 Å². The first kappa shape index (κ1) is 11.5. The maximum atomic E-state index is 11.1. The van der Waals surface area contributed by atoms with E-state index in [1.165, 1.54) is 11.3 Å². The molecule has 16 heavy (non-hydrogen) atoms. The van der Waals surface area contributed by atoms with Gasteiger partial charge in [-0.2, -0.15) is 0 Å². The summed E-state index contributed by atoms with van der Waals surface area (Å²) in [6.07, 6.45) is 2.76. The van der Waals surface area contributed by atoms with Gasteiger partial charge in [0, 0.05) is 12.5 Å². The third-order valence-electron chi connectivity index (χ3n) is 2.74. The number of carboxylic acid groups (broad SMARTS) is 1. The molecule has 1 atom stereocenters. The third-order valence-corrected chi connectivity index (χ3v) is 3.94. The molecule has 2 rings (SSSR count). The molecule has 1 N–H and O–H groups in total. The van der Waals surface area contributed by atoms with E-state index >= 15 is 0 Å². The van der Waals surface area contributed by atoms with Crippen molar-refractivity contribution in [2.45, 2.75) is 32.1 Å². The largest absolute Gasteiger partial charge is 0.477 e. The summed E-state index contributed by atoms with van der Waals surface area (Å²) >= 11 is 1.30. The third kappa shape index (κ3) is 2.25. The molecule has 0 saturated carbocycles. The van der Waals surface area contributed by atoms with Crippen LogP contribution in [0, 0.1) is 0 Å². The number of rotatable bonds is 3. The second kappa shape index (κ2) is 4.93. The van der Waals surface area contributed by atoms with Crippen LogP contribution in [0.2, 0.25) is 0 Å². The van der Waals surface area contributed by atoms with Crippen LogP contribution >= 0.6 is 11.3 Å². The minimum atomic E-state index is -0.863. The zero-order chi connectivity index (χ0) is 11.5. The lowest BCUT2D eigenvalue weighted by Gasteiger charge is -2.20. The molecule has 1 aromatic heterocycles. The van der Waals surface area contributed by atoms with Crippen LogP contribution in [-0.2, 0) is 11.2 Å². The molecule has 4 nitrogen and oxygen atoms in total. The number of ether oxygens (including phenoxy) is 1. The van der Waals surface area contributed by atoms with Crippen LogP contribution in [0.1, 0.15) is 46.1 Å². The Morgan fingerprint density at radius 2 is 2.50 bits per heavy atom. The van der Waals surface area contributed by atoms with Crippen molar-refractivity contribution >= 4 is 17.3 Å². The maximum absolute atomic E-state index is 11.1. The Bertz CT molecular complexity index is 383. The average Bonchev–Trinajstić information content (AvgIpc) is 2.74. The topological polar surface area (TPSA) is 59.4 Å². The lowest BCUT2D eigenvalue weighted by Crippen LogP contribution is -2.17. The van der Waals surface area contributed by atoms with Crippen LogP contribution in [-0.4, -0.2) is 29.3 Å². The molecule has 0 aromatic carbocycles. The number of hydrogen-bond donors (Lipinski definition) is 1. The molecule has 1 aromatic rings.